The van der Waals surface area contributed by atoms with Gasteiger partial charge in [0.15, 0.2) is 0 Å². The molecule has 1 aromatic heterocycles. The van der Waals surface area contributed by atoms with Gasteiger partial charge in [-0.15, -0.1) is 0 Å². The van der Waals surface area contributed by atoms with Crippen LogP contribution in [0.1, 0.15) is 31.5 Å². The van der Waals surface area contributed by atoms with Gasteiger partial charge in [0.1, 0.15) is 16.2 Å². The van der Waals surface area contributed by atoms with Gasteiger partial charge in [0.2, 0.25) is 0 Å². The van der Waals surface area contributed by atoms with Crippen LogP contribution < -0.4 is 5.32 Å². The van der Waals surface area contributed by atoms with E-state index < -0.39 is 9.84 Å². The van der Waals surface area contributed by atoms with Crippen molar-refractivity contribution < 1.29 is 8.42 Å². The first-order chi connectivity index (χ1) is 8.03. The predicted octanol–water partition coefficient (Wildman–Crippen LogP) is 0.952. The average molecular weight is 257 g/mol. The highest BCUT2D eigenvalue weighted by atomic mass is 32.2. The summed E-state index contributed by atoms with van der Waals surface area (Å²) in [6.45, 7) is 2.92. The van der Waals surface area contributed by atoms with Gasteiger partial charge >= 0.3 is 0 Å². The molecule has 1 rings (SSSR count). The lowest BCUT2D eigenvalue weighted by molar-refractivity contribution is 0.502. The molecule has 0 spiro atoms. The van der Waals surface area contributed by atoms with Crippen LogP contribution >= 0.6 is 0 Å². The lowest BCUT2D eigenvalue weighted by Gasteiger charge is -2.17. The zero-order valence-corrected chi connectivity index (χ0v) is 11.1. The average Bonchev–Trinajstić information content (AvgIpc) is 2.29. The SMILES string of the molecule is CCCNC(CCS(C)(=O)=O)c1ccncn1. The molecule has 0 amide bonds. The van der Waals surface area contributed by atoms with E-state index in [0.717, 1.165) is 18.7 Å². The summed E-state index contributed by atoms with van der Waals surface area (Å²) in [4.78, 5) is 8.02. The second-order valence-corrected chi connectivity index (χ2v) is 6.32. The number of hydrogen-bond acceptors (Lipinski definition) is 5. The molecule has 0 fully saturated rings. The highest BCUT2D eigenvalue weighted by Crippen LogP contribution is 2.14. The van der Waals surface area contributed by atoms with Crippen molar-refractivity contribution in [3.05, 3.63) is 24.3 Å². The molecule has 1 aromatic rings. The van der Waals surface area contributed by atoms with Crippen LogP contribution in [-0.2, 0) is 9.84 Å². The van der Waals surface area contributed by atoms with Crippen LogP contribution in [-0.4, -0.2) is 36.9 Å². The van der Waals surface area contributed by atoms with Crippen molar-refractivity contribution in [2.45, 2.75) is 25.8 Å². The fourth-order valence-electron chi connectivity index (χ4n) is 1.51. The largest absolute Gasteiger partial charge is 0.309 e. The number of sulfone groups is 1. The molecule has 1 N–H and O–H groups in total. The van der Waals surface area contributed by atoms with Gasteiger partial charge in [0, 0.05) is 12.5 Å². The number of aromatic nitrogens is 2. The van der Waals surface area contributed by atoms with Crippen LogP contribution in [0.2, 0.25) is 0 Å². The zero-order valence-electron chi connectivity index (χ0n) is 10.3. The Balaban J connectivity index is 2.67. The zero-order chi connectivity index (χ0) is 12.7. The van der Waals surface area contributed by atoms with Crippen molar-refractivity contribution in [2.24, 2.45) is 0 Å². The second kappa shape index (κ2) is 6.66. The summed E-state index contributed by atoms with van der Waals surface area (Å²) in [5, 5.41) is 3.30. The standard InChI is InChI=1S/C11H19N3O2S/c1-3-6-13-11(5-8-17(2,15)16)10-4-7-12-9-14-10/h4,7,9,11,13H,3,5-6,8H2,1-2H3. The van der Waals surface area contributed by atoms with Crippen LogP contribution in [0.3, 0.4) is 0 Å². The molecule has 1 unspecified atom stereocenters. The minimum absolute atomic E-state index is 0.0207. The summed E-state index contributed by atoms with van der Waals surface area (Å²) >= 11 is 0. The summed E-state index contributed by atoms with van der Waals surface area (Å²) in [7, 11) is -2.94. The molecule has 0 saturated carbocycles. The third-order valence-electron chi connectivity index (χ3n) is 2.38. The Morgan fingerprint density at radius 1 is 1.47 bits per heavy atom. The predicted molar refractivity (Wildman–Crippen MR) is 67.4 cm³/mol. The van der Waals surface area contributed by atoms with E-state index in [0.29, 0.717) is 6.42 Å². The van der Waals surface area contributed by atoms with Gasteiger partial charge in [0.05, 0.1) is 17.5 Å². The Hall–Kier alpha value is -1.01. The van der Waals surface area contributed by atoms with E-state index in [1.807, 2.05) is 6.07 Å². The minimum Gasteiger partial charge on any atom is -0.309 e. The van der Waals surface area contributed by atoms with E-state index in [-0.39, 0.29) is 11.8 Å². The Bertz CT molecular complexity index is 420. The van der Waals surface area contributed by atoms with Crippen molar-refractivity contribution in [3.8, 4) is 0 Å². The Labute approximate surface area is 103 Å². The number of rotatable bonds is 7. The molecule has 0 aliphatic heterocycles. The Kier molecular flexibility index (Phi) is 5.50. The first-order valence-electron chi connectivity index (χ1n) is 5.70. The topological polar surface area (TPSA) is 72.0 Å². The number of nitrogens with zero attached hydrogens (tertiary/aromatic N) is 2. The molecular formula is C11H19N3O2S. The van der Waals surface area contributed by atoms with E-state index in [9.17, 15) is 8.42 Å². The molecule has 96 valence electrons. The number of nitrogens with one attached hydrogen (secondary N) is 1. The van der Waals surface area contributed by atoms with E-state index >= 15 is 0 Å². The lowest BCUT2D eigenvalue weighted by atomic mass is 10.1. The third-order valence-corrected chi connectivity index (χ3v) is 3.36. The quantitative estimate of drug-likeness (QED) is 0.787. The Morgan fingerprint density at radius 2 is 2.24 bits per heavy atom. The maximum Gasteiger partial charge on any atom is 0.147 e. The molecule has 6 heteroatoms. The van der Waals surface area contributed by atoms with Gasteiger partial charge in [-0.05, 0) is 25.5 Å². The first kappa shape index (κ1) is 14.1. The first-order valence-corrected chi connectivity index (χ1v) is 7.76. The molecule has 0 aromatic carbocycles. The van der Waals surface area contributed by atoms with Crippen molar-refractivity contribution >= 4 is 9.84 Å². The summed E-state index contributed by atoms with van der Waals surface area (Å²) in [6, 6.07) is 1.79. The highest BCUT2D eigenvalue weighted by molar-refractivity contribution is 7.90. The van der Waals surface area contributed by atoms with Crippen LogP contribution in [0, 0.1) is 0 Å². The maximum atomic E-state index is 11.2. The smallest absolute Gasteiger partial charge is 0.147 e. The molecule has 1 atom stereocenters. The summed E-state index contributed by atoms with van der Waals surface area (Å²) < 4.78 is 22.4. The minimum atomic E-state index is -2.94. The summed E-state index contributed by atoms with van der Waals surface area (Å²) in [5.74, 6) is 0.165. The molecule has 0 aliphatic carbocycles. The van der Waals surface area contributed by atoms with Gasteiger partial charge < -0.3 is 5.32 Å². The van der Waals surface area contributed by atoms with Gasteiger partial charge in [-0.3, -0.25) is 0 Å². The molecule has 0 radical (unpaired) electrons. The fraction of sp³-hybridized carbons (Fsp3) is 0.636. The van der Waals surface area contributed by atoms with Crippen molar-refractivity contribution in [1.29, 1.82) is 0 Å². The van der Waals surface area contributed by atoms with Crippen molar-refractivity contribution in [1.82, 2.24) is 15.3 Å². The Morgan fingerprint density at radius 3 is 2.76 bits per heavy atom. The van der Waals surface area contributed by atoms with Gasteiger partial charge in [0.25, 0.3) is 0 Å². The second-order valence-electron chi connectivity index (χ2n) is 4.06. The van der Waals surface area contributed by atoms with E-state index in [1.54, 1.807) is 6.20 Å². The van der Waals surface area contributed by atoms with Crippen LogP contribution in [0.25, 0.3) is 0 Å². The molecule has 17 heavy (non-hydrogen) atoms. The highest BCUT2D eigenvalue weighted by Gasteiger charge is 2.14. The van der Waals surface area contributed by atoms with Crippen molar-refractivity contribution in [3.63, 3.8) is 0 Å². The summed E-state index contributed by atoms with van der Waals surface area (Å²) in [5.41, 5.74) is 0.845. The molecule has 0 aliphatic rings. The lowest BCUT2D eigenvalue weighted by Crippen LogP contribution is -2.25. The summed E-state index contributed by atoms with van der Waals surface area (Å²) in [6.07, 6.45) is 5.94. The number of hydrogen-bond donors (Lipinski definition) is 1. The van der Waals surface area contributed by atoms with Crippen LogP contribution in [0.4, 0.5) is 0 Å². The monoisotopic (exact) mass is 257 g/mol. The van der Waals surface area contributed by atoms with Gasteiger partial charge in [-0.25, -0.2) is 18.4 Å². The van der Waals surface area contributed by atoms with Crippen molar-refractivity contribution in [2.75, 3.05) is 18.6 Å². The molecule has 0 saturated heterocycles. The third kappa shape index (κ3) is 5.74. The molecule has 5 nitrogen and oxygen atoms in total. The van der Waals surface area contributed by atoms with Crippen LogP contribution in [0.5, 0.6) is 0 Å². The molecule has 0 bridgehead atoms. The maximum absolute atomic E-state index is 11.2. The fourth-order valence-corrected chi connectivity index (χ4v) is 2.18. The normalized spacial score (nSPS) is 13.5. The van der Waals surface area contributed by atoms with Gasteiger partial charge in [-0.2, -0.15) is 0 Å². The van der Waals surface area contributed by atoms with Gasteiger partial charge in [-0.1, -0.05) is 6.92 Å². The van der Waals surface area contributed by atoms with Crippen LogP contribution in [0.15, 0.2) is 18.6 Å². The van der Waals surface area contributed by atoms with E-state index in [2.05, 4.69) is 22.2 Å². The van der Waals surface area contributed by atoms with E-state index in [1.165, 1.54) is 12.6 Å². The molecular weight excluding hydrogens is 238 g/mol. The molecule has 1 heterocycles. The van der Waals surface area contributed by atoms with E-state index in [4.69, 9.17) is 0 Å².